The summed E-state index contributed by atoms with van der Waals surface area (Å²) in [5.74, 6) is 0.800. The van der Waals surface area contributed by atoms with Gasteiger partial charge < -0.3 is 14.1 Å². The van der Waals surface area contributed by atoms with Gasteiger partial charge in [0.15, 0.2) is 6.73 Å². The lowest BCUT2D eigenvalue weighted by Crippen LogP contribution is -2.32. The first-order valence-corrected chi connectivity index (χ1v) is 8.69. The zero-order valence-electron chi connectivity index (χ0n) is 14.5. The Bertz CT molecular complexity index is 990. The summed E-state index contributed by atoms with van der Waals surface area (Å²) in [7, 11) is 0. The molecule has 0 spiro atoms. The molecule has 0 radical (unpaired) electrons. The summed E-state index contributed by atoms with van der Waals surface area (Å²) in [6.45, 7) is 5.35. The maximum atomic E-state index is 12.0. The van der Waals surface area contributed by atoms with E-state index in [2.05, 4.69) is 30.9 Å². The molecule has 0 N–H and O–H groups in total. The predicted molar refractivity (Wildman–Crippen MR) is 99.3 cm³/mol. The van der Waals surface area contributed by atoms with Gasteiger partial charge in [-0.3, -0.25) is 0 Å². The van der Waals surface area contributed by atoms with Crippen molar-refractivity contribution in [3.63, 3.8) is 0 Å². The molecule has 2 aromatic carbocycles. The van der Waals surface area contributed by atoms with Crippen LogP contribution in [0, 0.1) is 6.92 Å². The number of para-hydroxylation sites is 1. The maximum absolute atomic E-state index is 12.0. The summed E-state index contributed by atoms with van der Waals surface area (Å²) >= 11 is 0. The van der Waals surface area contributed by atoms with Crippen LogP contribution in [0.3, 0.4) is 0 Å². The first kappa shape index (κ1) is 15.8. The van der Waals surface area contributed by atoms with Crippen LogP contribution in [-0.4, -0.2) is 6.73 Å². The van der Waals surface area contributed by atoms with Gasteiger partial charge in [-0.25, -0.2) is 4.79 Å². The van der Waals surface area contributed by atoms with Crippen molar-refractivity contribution in [3.8, 4) is 5.75 Å². The molecule has 0 unspecified atom stereocenters. The largest absolute Gasteiger partial charge is 0.473 e. The van der Waals surface area contributed by atoms with Gasteiger partial charge in [0.2, 0.25) is 0 Å². The molecule has 0 fully saturated rings. The number of nitrogens with zero attached hydrogens (tertiary/aromatic N) is 1. The molecule has 25 heavy (non-hydrogen) atoms. The van der Waals surface area contributed by atoms with Crippen LogP contribution in [0.15, 0.2) is 51.7 Å². The van der Waals surface area contributed by atoms with Crippen molar-refractivity contribution in [2.24, 2.45) is 0 Å². The predicted octanol–water partition coefficient (Wildman–Crippen LogP) is 4.41. The molecule has 1 aromatic heterocycles. The lowest BCUT2D eigenvalue weighted by Gasteiger charge is -2.32. The van der Waals surface area contributed by atoms with E-state index in [1.807, 2.05) is 24.3 Å². The molecule has 3 aromatic rings. The Morgan fingerprint density at radius 1 is 1.16 bits per heavy atom. The average Bonchev–Trinajstić information content (AvgIpc) is 2.62. The van der Waals surface area contributed by atoms with Crippen molar-refractivity contribution < 1.29 is 9.15 Å². The smallest absolute Gasteiger partial charge is 0.336 e. The van der Waals surface area contributed by atoms with Crippen LogP contribution in [0.4, 0.5) is 5.69 Å². The van der Waals surface area contributed by atoms with Crippen molar-refractivity contribution in [2.45, 2.75) is 33.2 Å². The van der Waals surface area contributed by atoms with E-state index in [0.717, 1.165) is 40.8 Å². The number of hydrogen-bond donors (Lipinski definition) is 0. The van der Waals surface area contributed by atoms with Gasteiger partial charge in [-0.1, -0.05) is 31.5 Å². The number of benzene rings is 2. The molecule has 2 heterocycles. The van der Waals surface area contributed by atoms with Crippen LogP contribution in [0.5, 0.6) is 5.75 Å². The molecule has 0 saturated heterocycles. The molecule has 0 atom stereocenters. The zero-order valence-corrected chi connectivity index (χ0v) is 14.5. The summed E-state index contributed by atoms with van der Waals surface area (Å²) in [5, 5.41) is 1.01. The minimum Gasteiger partial charge on any atom is -0.473 e. The van der Waals surface area contributed by atoms with E-state index in [4.69, 9.17) is 9.15 Å². The standard InChI is InChI=1S/C21H21NO3/c1-3-6-15-11-20(23)25-21-16(15)9-10-19-17(21)12-22(13-24-19)18-8-5-4-7-14(18)2/h4-5,7-11H,3,6,12-13H2,1-2H3. The van der Waals surface area contributed by atoms with Crippen molar-refractivity contribution in [1.29, 1.82) is 0 Å². The Balaban J connectivity index is 1.84. The Hall–Kier alpha value is -2.75. The van der Waals surface area contributed by atoms with Gasteiger partial charge in [0, 0.05) is 17.1 Å². The van der Waals surface area contributed by atoms with E-state index in [9.17, 15) is 4.79 Å². The maximum Gasteiger partial charge on any atom is 0.336 e. The van der Waals surface area contributed by atoms with Gasteiger partial charge >= 0.3 is 5.63 Å². The van der Waals surface area contributed by atoms with Gasteiger partial charge in [-0.05, 0) is 42.7 Å². The summed E-state index contributed by atoms with van der Waals surface area (Å²) in [5.41, 5.74) is 4.69. The Morgan fingerprint density at radius 2 is 2.00 bits per heavy atom. The molecule has 0 amide bonds. The molecule has 4 nitrogen and oxygen atoms in total. The molecule has 4 heteroatoms. The average molecular weight is 335 g/mol. The van der Waals surface area contributed by atoms with Gasteiger partial charge in [0.05, 0.1) is 12.1 Å². The summed E-state index contributed by atoms with van der Waals surface area (Å²) in [6.07, 6.45) is 1.85. The quantitative estimate of drug-likeness (QED) is 0.665. The number of fused-ring (bicyclic) bond motifs is 3. The van der Waals surface area contributed by atoms with Gasteiger partial charge in [0.25, 0.3) is 0 Å². The molecular formula is C21H21NO3. The van der Waals surface area contributed by atoms with Gasteiger partial charge in [-0.2, -0.15) is 0 Å². The number of rotatable bonds is 3. The minimum atomic E-state index is -0.294. The van der Waals surface area contributed by atoms with E-state index < -0.39 is 0 Å². The van der Waals surface area contributed by atoms with Crippen molar-refractivity contribution in [1.82, 2.24) is 0 Å². The first-order chi connectivity index (χ1) is 12.2. The zero-order chi connectivity index (χ0) is 17.4. The highest BCUT2D eigenvalue weighted by Crippen LogP contribution is 2.35. The topological polar surface area (TPSA) is 42.7 Å². The fourth-order valence-corrected chi connectivity index (χ4v) is 3.55. The van der Waals surface area contributed by atoms with E-state index in [1.54, 1.807) is 6.07 Å². The number of hydrogen-bond acceptors (Lipinski definition) is 4. The third-order valence-corrected chi connectivity index (χ3v) is 4.76. The normalized spacial score (nSPS) is 13.6. The van der Waals surface area contributed by atoms with Crippen LogP contribution in [-0.2, 0) is 13.0 Å². The molecule has 4 rings (SSSR count). The van der Waals surface area contributed by atoms with Crippen LogP contribution in [0.1, 0.15) is 30.0 Å². The molecule has 128 valence electrons. The number of ether oxygens (including phenoxy) is 1. The van der Waals surface area contributed by atoms with Crippen LogP contribution < -0.4 is 15.3 Å². The Labute approximate surface area is 146 Å². The number of aryl methyl sites for hydroxylation is 2. The van der Waals surface area contributed by atoms with Crippen molar-refractivity contribution in [2.75, 3.05) is 11.6 Å². The van der Waals surface area contributed by atoms with Crippen molar-refractivity contribution in [3.05, 3.63) is 69.6 Å². The second-order valence-corrected chi connectivity index (χ2v) is 6.52. The van der Waals surface area contributed by atoms with Crippen molar-refractivity contribution >= 4 is 16.7 Å². The summed E-state index contributed by atoms with van der Waals surface area (Å²) in [4.78, 5) is 14.2. The van der Waals surface area contributed by atoms with Gasteiger partial charge in [0.1, 0.15) is 11.3 Å². The molecular weight excluding hydrogens is 314 g/mol. The lowest BCUT2D eigenvalue weighted by atomic mass is 10.0. The van der Waals surface area contributed by atoms with E-state index in [-0.39, 0.29) is 5.63 Å². The third-order valence-electron chi connectivity index (χ3n) is 4.76. The lowest BCUT2D eigenvalue weighted by molar-refractivity contribution is 0.289. The molecule has 1 aliphatic heterocycles. The second-order valence-electron chi connectivity index (χ2n) is 6.52. The highest BCUT2D eigenvalue weighted by Gasteiger charge is 2.23. The van der Waals surface area contributed by atoms with Crippen LogP contribution in [0.2, 0.25) is 0 Å². The van der Waals surface area contributed by atoms with Crippen LogP contribution in [0.25, 0.3) is 11.0 Å². The summed E-state index contributed by atoms with van der Waals surface area (Å²) < 4.78 is 11.6. The fourth-order valence-electron chi connectivity index (χ4n) is 3.55. The summed E-state index contributed by atoms with van der Waals surface area (Å²) in [6, 6.07) is 13.9. The van der Waals surface area contributed by atoms with Gasteiger partial charge in [-0.15, -0.1) is 0 Å². The fraction of sp³-hybridized carbons (Fsp3) is 0.286. The number of anilines is 1. The third kappa shape index (κ3) is 2.78. The molecule has 0 aliphatic carbocycles. The second kappa shape index (κ2) is 6.28. The van der Waals surface area contributed by atoms with Crippen LogP contribution >= 0.6 is 0 Å². The minimum absolute atomic E-state index is 0.294. The van der Waals surface area contributed by atoms with E-state index >= 15 is 0 Å². The van der Waals surface area contributed by atoms with E-state index in [0.29, 0.717) is 18.9 Å². The highest BCUT2D eigenvalue weighted by molar-refractivity contribution is 5.85. The monoisotopic (exact) mass is 335 g/mol. The van der Waals surface area contributed by atoms with E-state index in [1.165, 1.54) is 5.56 Å². The SMILES string of the molecule is CCCc1cc(=O)oc2c3c(ccc12)OCN(c1ccccc1C)C3. The molecule has 0 saturated carbocycles. The first-order valence-electron chi connectivity index (χ1n) is 8.69. The Kier molecular flexibility index (Phi) is 3.96. The molecule has 1 aliphatic rings. The highest BCUT2D eigenvalue weighted by atomic mass is 16.5. The Morgan fingerprint density at radius 3 is 2.80 bits per heavy atom. The molecule has 0 bridgehead atoms.